The predicted octanol–water partition coefficient (Wildman–Crippen LogP) is 1.45. The van der Waals surface area contributed by atoms with Crippen LogP contribution in [0, 0.1) is 11.3 Å². The van der Waals surface area contributed by atoms with Gasteiger partial charge >= 0.3 is 0 Å². The summed E-state index contributed by atoms with van der Waals surface area (Å²) in [5.41, 5.74) is 11.8. The summed E-state index contributed by atoms with van der Waals surface area (Å²) >= 11 is 0. The van der Waals surface area contributed by atoms with Crippen LogP contribution >= 0.6 is 0 Å². The lowest BCUT2D eigenvalue weighted by atomic mass is 9.96. The van der Waals surface area contributed by atoms with Crippen molar-refractivity contribution in [3.63, 3.8) is 0 Å². The highest BCUT2D eigenvalue weighted by Gasteiger charge is 2.53. The second kappa shape index (κ2) is 4.80. The number of benzene rings is 1. The number of aliphatic imine (C=N–C) groups is 1. The first-order valence-corrected chi connectivity index (χ1v) is 6.19. The zero-order chi connectivity index (χ0) is 13.2. The summed E-state index contributed by atoms with van der Waals surface area (Å²) < 4.78 is 0. The van der Waals surface area contributed by atoms with Gasteiger partial charge in [-0.25, -0.2) is 0 Å². The Morgan fingerprint density at radius 3 is 2.67 bits per heavy atom. The van der Waals surface area contributed by atoms with E-state index in [1.165, 1.54) is 5.56 Å². The number of carbonyl (C=O) groups is 1. The Balaban J connectivity index is 1.89. The lowest BCUT2D eigenvalue weighted by Crippen LogP contribution is -2.25. The van der Waals surface area contributed by atoms with Gasteiger partial charge in [-0.2, -0.15) is 4.99 Å². The monoisotopic (exact) mass is 245 g/mol. The fraction of sp³-hybridized carbons (Fsp3) is 0.429. The molecule has 4 heteroatoms. The van der Waals surface area contributed by atoms with Crippen LogP contribution in [0.25, 0.3) is 0 Å². The third-order valence-electron chi connectivity index (χ3n) is 3.72. The zero-order valence-corrected chi connectivity index (χ0v) is 10.6. The number of hydrogen-bond acceptors (Lipinski definition) is 1. The van der Waals surface area contributed by atoms with Crippen molar-refractivity contribution in [1.29, 1.82) is 0 Å². The van der Waals surface area contributed by atoms with Crippen LogP contribution in [0.4, 0.5) is 0 Å². The summed E-state index contributed by atoms with van der Waals surface area (Å²) in [5, 5.41) is 0. The Labute approximate surface area is 107 Å². The maximum atomic E-state index is 11.7. The highest BCUT2D eigenvalue weighted by Crippen LogP contribution is 2.55. The third kappa shape index (κ3) is 2.88. The molecule has 0 aliphatic heterocycles. The van der Waals surface area contributed by atoms with E-state index in [4.69, 9.17) is 11.5 Å². The van der Waals surface area contributed by atoms with Crippen LogP contribution in [-0.4, -0.2) is 11.9 Å². The fourth-order valence-corrected chi connectivity index (χ4v) is 2.35. The molecule has 0 saturated heterocycles. The fourth-order valence-electron chi connectivity index (χ4n) is 2.35. The largest absolute Gasteiger partial charge is 0.370 e. The van der Waals surface area contributed by atoms with E-state index in [0.29, 0.717) is 0 Å². The molecular formula is C14H19N3O. The Morgan fingerprint density at radius 1 is 1.39 bits per heavy atom. The summed E-state index contributed by atoms with van der Waals surface area (Å²) in [7, 11) is 0. The SMILES string of the molecule is C[C@]1(CCc2ccccc2)C[C@H]1C(=O)N=C(N)N. The van der Waals surface area contributed by atoms with Crippen molar-refractivity contribution in [2.24, 2.45) is 27.8 Å². The minimum Gasteiger partial charge on any atom is -0.370 e. The molecule has 1 fully saturated rings. The summed E-state index contributed by atoms with van der Waals surface area (Å²) in [6.45, 7) is 2.13. The van der Waals surface area contributed by atoms with Gasteiger partial charge in [0.25, 0.3) is 5.91 Å². The predicted molar refractivity (Wildman–Crippen MR) is 71.8 cm³/mol. The van der Waals surface area contributed by atoms with Crippen molar-refractivity contribution >= 4 is 11.9 Å². The summed E-state index contributed by atoms with van der Waals surface area (Å²) in [6, 6.07) is 10.3. The van der Waals surface area contributed by atoms with Crippen LogP contribution in [-0.2, 0) is 11.2 Å². The van der Waals surface area contributed by atoms with E-state index >= 15 is 0 Å². The highest BCUT2D eigenvalue weighted by molar-refractivity contribution is 5.94. The molecule has 0 heterocycles. The van der Waals surface area contributed by atoms with Crippen LogP contribution in [0.2, 0.25) is 0 Å². The molecule has 96 valence electrons. The van der Waals surface area contributed by atoms with E-state index in [2.05, 4.69) is 24.0 Å². The van der Waals surface area contributed by atoms with Crippen molar-refractivity contribution in [1.82, 2.24) is 0 Å². The molecule has 4 N–H and O–H groups in total. The number of rotatable bonds is 4. The summed E-state index contributed by atoms with van der Waals surface area (Å²) in [6.07, 6.45) is 2.87. The van der Waals surface area contributed by atoms with E-state index in [1.54, 1.807) is 0 Å². The summed E-state index contributed by atoms with van der Waals surface area (Å²) in [4.78, 5) is 15.3. The minimum absolute atomic E-state index is 0.0108. The van der Waals surface area contributed by atoms with E-state index in [-0.39, 0.29) is 23.2 Å². The van der Waals surface area contributed by atoms with E-state index in [1.807, 2.05) is 18.2 Å². The lowest BCUT2D eigenvalue weighted by Gasteiger charge is -2.09. The number of carbonyl (C=O) groups excluding carboxylic acids is 1. The van der Waals surface area contributed by atoms with E-state index in [9.17, 15) is 4.79 Å². The molecule has 18 heavy (non-hydrogen) atoms. The highest BCUT2D eigenvalue weighted by atomic mass is 16.1. The molecule has 0 bridgehead atoms. The molecule has 1 amide bonds. The van der Waals surface area contributed by atoms with Crippen molar-refractivity contribution in [2.75, 3.05) is 0 Å². The average Bonchev–Trinajstić information content (AvgIpc) is 3.01. The number of aryl methyl sites for hydroxylation is 1. The number of guanidine groups is 1. The molecule has 1 aliphatic rings. The first-order valence-electron chi connectivity index (χ1n) is 6.19. The second-order valence-corrected chi connectivity index (χ2v) is 5.27. The Morgan fingerprint density at radius 2 is 2.06 bits per heavy atom. The van der Waals surface area contributed by atoms with Crippen LogP contribution in [0.3, 0.4) is 0 Å². The molecule has 1 aliphatic carbocycles. The quantitative estimate of drug-likeness (QED) is 0.622. The molecule has 1 aromatic rings. The van der Waals surface area contributed by atoms with Crippen molar-refractivity contribution in [3.8, 4) is 0 Å². The summed E-state index contributed by atoms with van der Waals surface area (Å²) in [5.74, 6) is -0.328. The zero-order valence-electron chi connectivity index (χ0n) is 10.6. The molecule has 4 nitrogen and oxygen atoms in total. The molecule has 0 unspecified atom stereocenters. The Hall–Kier alpha value is -1.84. The van der Waals surface area contributed by atoms with Crippen molar-refractivity contribution < 1.29 is 4.79 Å². The van der Waals surface area contributed by atoms with Gasteiger partial charge in [0.15, 0.2) is 5.96 Å². The smallest absolute Gasteiger partial charge is 0.252 e. The molecule has 1 saturated carbocycles. The van der Waals surface area contributed by atoms with Gasteiger partial charge in [-0.1, -0.05) is 37.3 Å². The van der Waals surface area contributed by atoms with Gasteiger partial charge in [-0.15, -0.1) is 0 Å². The molecule has 2 atom stereocenters. The van der Waals surface area contributed by atoms with Crippen LogP contribution in [0.5, 0.6) is 0 Å². The Kier molecular flexibility index (Phi) is 3.36. The molecule has 0 spiro atoms. The van der Waals surface area contributed by atoms with E-state index in [0.717, 1.165) is 19.3 Å². The minimum atomic E-state index is -0.175. The van der Waals surface area contributed by atoms with Gasteiger partial charge in [-0.3, -0.25) is 4.79 Å². The number of amides is 1. The second-order valence-electron chi connectivity index (χ2n) is 5.27. The number of hydrogen-bond donors (Lipinski definition) is 2. The standard InChI is InChI=1S/C14H19N3O/c1-14(8-7-10-5-3-2-4-6-10)9-11(14)12(18)17-13(15)16/h2-6,11H,7-9H2,1H3,(H4,15,16,17,18)/t11-,14-/m0/s1. The van der Waals surface area contributed by atoms with Crippen LogP contribution in [0.15, 0.2) is 35.3 Å². The molecule has 1 aromatic carbocycles. The maximum Gasteiger partial charge on any atom is 0.252 e. The molecule has 0 aromatic heterocycles. The molecule has 0 radical (unpaired) electrons. The normalized spacial score (nSPS) is 25.5. The van der Waals surface area contributed by atoms with Crippen LogP contribution in [0.1, 0.15) is 25.3 Å². The third-order valence-corrected chi connectivity index (χ3v) is 3.72. The van der Waals surface area contributed by atoms with Gasteiger partial charge in [0, 0.05) is 5.92 Å². The number of nitrogens with two attached hydrogens (primary N) is 2. The van der Waals surface area contributed by atoms with Crippen molar-refractivity contribution in [3.05, 3.63) is 35.9 Å². The molecular weight excluding hydrogens is 226 g/mol. The average molecular weight is 245 g/mol. The molecule has 2 rings (SSSR count). The first kappa shape index (κ1) is 12.6. The Bertz CT molecular complexity index is 465. The van der Waals surface area contributed by atoms with Gasteiger partial charge in [-0.05, 0) is 30.2 Å². The van der Waals surface area contributed by atoms with Gasteiger partial charge in [0.1, 0.15) is 0 Å². The first-order chi connectivity index (χ1) is 8.51. The van der Waals surface area contributed by atoms with Gasteiger partial charge < -0.3 is 11.5 Å². The van der Waals surface area contributed by atoms with Gasteiger partial charge in [0.05, 0.1) is 0 Å². The van der Waals surface area contributed by atoms with Gasteiger partial charge in [0.2, 0.25) is 0 Å². The topological polar surface area (TPSA) is 81.5 Å². The van der Waals surface area contributed by atoms with E-state index < -0.39 is 0 Å². The van der Waals surface area contributed by atoms with Crippen LogP contribution < -0.4 is 11.5 Å². The maximum absolute atomic E-state index is 11.7. The number of nitrogens with zero attached hydrogens (tertiary/aromatic N) is 1. The van der Waals surface area contributed by atoms with Crippen molar-refractivity contribution in [2.45, 2.75) is 26.2 Å². The lowest BCUT2D eigenvalue weighted by molar-refractivity contribution is -0.119.